The standard InChI is InChI=1S/C12H21NO9/c1-5(15)13-8-6(16)3-12(20,11(19)21-2)22-10(8)9(18)7(17)4-14/h6-10,14,16-18,20H,3-4H2,1-2H3,(H,13,15)/t6-,7-,8-,9-,10?,12-/m1/s1. The highest BCUT2D eigenvalue weighted by atomic mass is 16.7. The first-order valence-electron chi connectivity index (χ1n) is 6.57. The van der Waals surface area contributed by atoms with Gasteiger partial charge >= 0.3 is 5.97 Å². The Bertz CT molecular complexity index is 417. The highest BCUT2D eigenvalue weighted by Crippen LogP contribution is 2.31. The van der Waals surface area contributed by atoms with Gasteiger partial charge in [-0.2, -0.15) is 0 Å². The molecule has 0 radical (unpaired) electrons. The highest BCUT2D eigenvalue weighted by Gasteiger charge is 2.54. The quantitative estimate of drug-likeness (QED) is 0.278. The lowest BCUT2D eigenvalue weighted by molar-refractivity contribution is -0.296. The lowest BCUT2D eigenvalue weighted by atomic mass is 9.88. The first kappa shape index (κ1) is 18.7. The predicted octanol–water partition coefficient (Wildman–Crippen LogP) is -3.78. The number of aliphatic hydroxyl groups is 5. The highest BCUT2D eigenvalue weighted by molar-refractivity contribution is 5.78. The summed E-state index contributed by atoms with van der Waals surface area (Å²) in [6, 6.07) is -1.21. The number of hydrogen-bond donors (Lipinski definition) is 6. The van der Waals surface area contributed by atoms with Crippen molar-refractivity contribution in [3.8, 4) is 0 Å². The first-order valence-corrected chi connectivity index (χ1v) is 6.57. The van der Waals surface area contributed by atoms with Crippen molar-refractivity contribution in [3.05, 3.63) is 0 Å². The summed E-state index contributed by atoms with van der Waals surface area (Å²) in [6.07, 6.45) is -7.09. The van der Waals surface area contributed by atoms with Gasteiger partial charge in [0.1, 0.15) is 18.3 Å². The van der Waals surface area contributed by atoms with Gasteiger partial charge in [0.25, 0.3) is 5.79 Å². The SMILES string of the molecule is COC(=O)[C@@]1(O)C[C@@H](O)[C@@H](NC(C)=O)C([C@H](O)[C@H](O)CO)O1. The second-order valence-electron chi connectivity index (χ2n) is 5.10. The van der Waals surface area contributed by atoms with Crippen LogP contribution in [-0.4, -0.2) is 87.4 Å². The van der Waals surface area contributed by atoms with E-state index in [9.17, 15) is 30.0 Å². The van der Waals surface area contributed by atoms with Gasteiger partial charge in [-0.25, -0.2) is 4.79 Å². The Balaban J connectivity index is 3.09. The summed E-state index contributed by atoms with van der Waals surface area (Å²) >= 11 is 0. The molecule has 1 unspecified atom stereocenters. The average Bonchev–Trinajstić information content (AvgIpc) is 2.46. The Morgan fingerprint density at radius 2 is 2.05 bits per heavy atom. The molecule has 1 rings (SSSR count). The van der Waals surface area contributed by atoms with Crippen molar-refractivity contribution >= 4 is 11.9 Å². The van der Waals surface area contributed by atoms with Crippen molar-refractivity contribution < 1.29 is 44.6 Å². The molecule has 10 nitrogen and oxygen atoms in total. The molecule has 0 spiro atoms. The zero-order valence-corrected chi connectivity index (χ0v) is 12.2. The number of carbonyl (C=O) groups is 2. The minimum absolute atomic E-state index is 0.563. The van der Waals surface area contributed by atoms with Crippen molar-refractivity contribution in [2.45, 2.75) is 49.6 Å². The van der Waals surface area contributed by atoms with E-state index in [1.807, 2.05) is 0 Å². The molecule has 1 aliphatic heterocycles. The molecule has 22 heavy (non-hydrogen) atoms. The van der Waals surface area contributed by atoms with E-state index in [1.165, 1.54) is 0 Å². The van der Waals surface area contributed by atoms with Gasteiger partial charge < -0.3 is 40.3 Å². The van der Waals surface area contributed by atoms with Gasteiger partial charge in [0.2, 0.25) is 5.91 Å². The Morgan fingerprint density at radius 3 is 2.50 bits per heavy atom. The van der Waals surface area contributed by atoms with Crippen LogP contribution in [0.15, 0.2) is 0 Å². The van der Waals surface area contributed by atoms with E-state index in [2.05, 4.69) is 10.1 Å². The molecule has 0 bridgehead atoms. The molecular formula is C12H21NO9. The number of amides is 1. The van der Waals surface area contributed by atoms with Gasteiger partial charge in [0, 0.05) is 13.3 Å². The number of methoxy groups -OCH3 is 1. The van der Waals surface area contributed by atoms with Crippen LogP contribution in [0.5, 0.6) is 0 Å². The first-order chi connectivity index (χ1) is 10.2. The van der Waals surface area contributed by atoms with E-state index in [1.54, 1.807) is 0 Å². The van der Waals surface area contributed by atoms with Crippen LogP contribution < -0.4 is 5.32 Å². The monoisotopic (exact) mass is 323 g/mol. The third-order valence-electron chi connectivity index (χ3n) is 3.38. The third kappa shape index (κ3) is 3.91. The van der Waals surface area contributed by atoms with Gasteiger partial charge in [-0.05, 0) is 0 Å². The lowest BCUT2D eigenvalue weighted by Crippen LogP contribution is -2.67. The summed E-state index contributed by atoms with van der Waals surface area (Å²) in [5.41, 5.74) is 0. The van der Waals surface area contributed by atoms with Gasteiger partial charge in [-0.15, -0.1) is 0 Å². The number of nitrogens with one attached hydrogen (secondary N) is 1. The smallest absolute Gasteiger partial charge is 0.366 e. The topological polar surface area (TPSA) is 166 Å². The largest absolute Gasteiger partial charge is 0.465 e. The molecule has 10 heteroatoms. The molecule has 1 saturated heterocycles. The Kier molecular flexibility index (Phi) is 6.23. The number of hydrogen-bond acceptors (Lipinski definition) is 9. The summed E-state index contributed by atoms with van der Waals surface area (Å²) in [5.74, 6) is -4.32. The maximum absolute atomic E-state index is 11.6. The van der Waals surface area contributed by atoms with E-state index in [4.69, 9.17) is 9.84 Å². The van der Waals surface area contributed by atoms with Crippen LogP contribution in [-0.2, 0) is 19.1 Å². The van der Waals surface area contributed by atoms with Crippen LogP contribution in [0.2, 0.25) is 0 Å². The third-order valence-corrected chi connectivity index (χ3v) is 3.38. The molecule has 0 aromatic rings. The molecule has 0 aliphatic carbocycles. The summed E-state index contributed by atoms with van der Waals surface area (Å²) in [5, 5.41) is 50.8. The van der Waals surface area contributed by atoms with Crippen LogP contribution in [0.4, 0.5) is 0 Å². The maximum Gasteiger partial charge on any atom is 0.366 e. The number of aliphatic hydroxyl groups excluding tert-OH is 4. The van der Waals surface area contributed by atoms with Gasteiger partial charge in [-0.3, -0.25) is 4.79 Å². The molecule has 0 aromatic heterocycles. The normalized spacial score (nSPS) is 34.6. The second kappa shape index (κ2) is 7.31. The Morgan fingerprint density at radius 1 is 1.45 bits per heavy atom. The summed E-state index contributed by atoms with van der Waals surface area (Å²) in [7, 11) is 0.990. The molecule has 1 amide bonds. The Labute approximate surface area is 126 Å². The fraction of sp³-hybridized carbons (Fsp3) is 0.833. The molecule has 6 atom stereocenters. The minimum Gasteiger partial charge on any atom is -0.465 e. The molecule has 128 valence electrons. The van der Waals surface area contributed by atoms with Crippen LogP contribution in [0, 0.1) is 0 Å². The fourth-order valence-electron chi connectivity index (χ4n) is 2.29. The van der Waals surface area contributed by atoms with Crippen molar-refractivity contribution in [2.75, 3.05) is 13.7 Å². The Hall–Kier alpha value is -1.30. The van der Waals surface area contributed by atoms with Crippen LogP contribution >= 0.6 is 0 Å². The second-order valence-corrected chi connectivity index (χ2v) is 5.10. The molecule has 1 aliphatic rings. The van der Waals surface area contributed by atoms with E-state index in [-0.39, 0.29) is 0 Å². The molecule has 1 fully saturated rings. The molecule has 0 aromatic carbocycles. The zero-order chi connectivity index (χ0) is 17.1. The van der Waals surface area contributed by atoms with Crippen molar-refractivity contribution in [1.29, 1.82) is 0 Å². The molecule has 6 N–H and O–H groups in total. The zero-order valence-electron chi connectivity index (χ0n) is 12.2. The summed E-state index contributed by atoms with van der Waals surface area (Å²) < 4.78 is 9.45. The van der Waals surface area contributed by atoms with E-state index in [0.717, 1.165) is 14.0 Å². The van der Waals surface area contributed by atoms with Crippen LogP contribution in [0.25, 0.3) is 0 Å². The number of ether oxygens (including phenoxy) is 2. The van der Waals surface area contributed by atoms with E-state index < -0.39 is 61.1 Å². The molecule has 1 heterocycles. The molecular weight excluding hydrogens is 302 g/mol. The summed E-state index contributed by atoms with van der Waals surface area (Å²) in [4.78, 5) is 22.8. The number of esters is 1. The van der Waals surface area contributed by atoms with Crippen LogP contribution in [0.3, 0.4) is 0 Å². The lowest BCUT2D eigenvalue weighted by Gasteiger charge is -2.45. The molecule has 0 saturated carbocycles. The van der Waals surface area contributed by atoms with Crippen molar-refractivity contribution in [3.63, 3.8) is 0 Å². The van der Waals surface area contributed by atoms with Gasteiger partial charge in [0.05, 0.1) is 25.9 Å². The number of carbonyl (C=O) groups excluding carboxylic acids is 2. The van der Waals surface area contributed by atoms with Crippen molar-refractivity contribution in [2.24, 2.45) is 0 Å². The number of rotatable bonds is 5. The maximum atomic E-state index is 11.6. The average molecular weight is 323 g/mol. The van der Waals surface area contributed by atoms with E-state index in [0.29, 0.717) is 0 Å². The summed E-state index contributed by atoms with van der Waals surface area (Å²) in [6.45, 7) is 0.320. The minimum atomic E-state index is -2.55. The van der Waals surface area contributed by atoms with Gasteiger partial charge in [-0.1, -0.05) is 0 Å². The predicted molar refractivity (Wildman–Crippen MR) is 69.2 cm³/mol. The fourth-order valence-corrected chi connectivity index (χ4v) is 2.29. The van der Waals surface area contributed by atoms with Crippen LogP contribution in [0.1, 0.15) is 13.3 Å². The van der Waals surface area contributed by atoms with Gasteiger partial charge in [0.15, 0.2) is 0 Å². The van der Waals surface area contributed by atoms with Crippen molar-refractivity contribution in [1.82, 2.24) is 5.32 Å². The van der Waals surface area contributed by atoms with E-state index >= 15 is 0 Å².